The van der Waals surface area contributed by atoms with Gasteiger partial charge in [0.05, 0.1) is 36.7 Å². The number of hydrogen-bond acceptors (Lipinski definition) is 9. The fourth-order valence-corrected chi connectivity index (χ4v) is 6.50. The molecule has 0 radical (unpaired) electrons. The molecule has 218 valence electrons. The molecule has 0 bridgehead atoms. The van der Waals surface area contributed by atoms with E-state index in [0.717, 1.165) is 70.3 Å². The third kappa shape index (κ3) is 4.86. The van der Waals surface area contributed by atoms with Gasteiger partial charge in [0.2, 0.25) is 5.95 Å². The first kappa shape index (κ1) is 26.4. The highest BCUT2D eigenvalue weighted by Crippen LogP contribution is 2.40. The van der Waals surface area contributed by atoms with Gasteiger partial charge in [0.15, 0.2) is 29.3 Å². The molecule has 1 aliphatic carbocycles. The second kappa shape index (κ2) is 10.4. The lowest BCUT2D eigenvalue weighted by atomic mass is 9.80. The number of hydrogen-bond donors (Lipinski definition) is 1. The lowest BCUT2D eigenvalue weighted by molar-refractivity contribution is -0.251. The molecule has 7 rings (SSSR count). The van der Waals surface area contributed by atoms with Crippen LogP contribution in [0.2, 0.25) is 0 Å². The Hall–Kier alpha value is -3.51. The quantitative estimate of drug-likeness (QED) is 0.348. The van der Waals surface area contributed by atoms with Crippen molar-refractivity contribution in [3.05, 3.63) is 36.2 Å². The van der Waals surface area contributed by atoms with Crippen LogP contribution < -0.4 is 15.4 Å². The van der Waals surface area contributed by atoms with E-state index in [0.29, 0.717) is 28.4 Å². The van der Waals surface area contributed by atoms with Crippen LogP contribution in [-0.2, 0) is 16.0 Å². The number of nitrogen functional groups attached to an aromatic ring is 1. The van der Waals surface area contributed by atoms with E-state index >= 15 is 0 Å². The molecular formula is C29H37FN8O3. The lowest BCUT2D eigenvalue weighted by Crippen LogP contribution is -2.47. The van der Waals surface area contributed by atoms with Gasteiger partial charge in [-0.2, -0.15) is 9.61 Å². The minimum Gasteiger partial charge on any atom is -0.494 e. The molecule has 41 heavy (non-hydrogen) atoms. The third-order valence-electron chi connectivity index (χ3n) is 9.02. The zero-order valence-corrected chi connectivity index (χ0v) is 23.6. The van der Waals surface area contributed by atoms with Crippen molar-refractivity contribution in [1.82, 2.24) is 29.4 Å². The molecule has 1 saturated carbocycles. The maximum atomic E-state index is 14.6. The molecule has 3 unspecified atom stereocenters. The fraction of sp³-hybridized carbons (Fsp3) is 0.586. The minimum atomic E-state index is -0.479. The second-order valence-electron chi connectivity index (χ2n) is 11.8. The fourth-order valence-electron chi connectivity index (χ4n) is 6.50. The standard InChI is InChI=1S/C29H37FN8O3/c1-18-7-8-19(26-34-27-21-12-22(30)24(39-2)13-23(21)33-28(31)38(27)35-26)15-37(18)20-14-32-36(16-20)17-29(9-5-10-29)41-25-6-3-4-11-40-25/h12-14,16,18-19,25H,3-11,15,17H2,1-2H3,(H2,31,33). The van der Waals surface area contributed by atoms with Gasteiger partial charge in [-0.05, 0) is 64.4 Å². The van der Waals surface area contributed by atoms with Crippen LogP contribution in [0, 0.1) is 5.82 Å². The van der Waals surface area contributed by atoms with E-state index in [9.17, 15) is 4.39 Å². The Bertz CT molecular complexity index is 1560. The van der Waals surface area contributed by atoms with Crippen molar-refractivity contribution in [2.24, 2.45) is 0 Å². The Morgan fingerprint density at radius 1 is 1.15 bits per heavy atom. The van der Waals surface area contributed by atoms with E-state index in [1.54, 1.807) is 0 Å². The molecule has 0 spiro atoms. The summed E-state index contributed by atoms with van der Waals surface area (Å²) < 4.78 is 35.6. The van der Waals surface area contributed by atoms with Gasteiger partial charge < -0.3 is 24.8 Å². The number of nitrogens with two attached hydrogens (primary N) is 1. The summed E-state index contributed by atoms with van der Waals surface area (Å²) in [6.45, 7) is 4.50. The number of nitrogens with zero attached hydrogens (tertiary/aromatic N) is 7. The van der Waals surface area contributed by atoms with Crippen molar-refractivity contribution < 1.29 is 18.6 Å². The first-order valence-electron chi connectivity index (χ1n) is 14.7. The predicted molar refractivity (Wildman–Crippen MR) is 151 cm³/mol. The van der Waals surface area contributed by atoms with Crippen LogP contribution in [0.4, 0.5) is 16.0 Å². The van der Waals surface area contributed by atoms with Gasteiger partial charge in [0, 0.05) is 42.8 Å². The summed E-state index contributed by atoms with van der Waals surface area (Å²) in [6.07, 6.45) is 12.4. The van der Waals surface area contributed by atoms with Gasteiger partial charge in [-0.15, -0.1) is 5.10 Å². The van der Waals surface area contributed by atoms with Crippen LogP contribution in [0.3, 0.4) is 0 Å². The zero-order valence-electron chi connectivity index (χ0n) is 23.6. The van der Waals surface area contributed by atoms with Crippen molar-refractivity contribution in [1.29, 1.82) is 0 Å². The van der Waals surface area contributed by atoms with E-state index in [1.165, 1.54) is 30.2 Å². The van der Waals surface area contributed by atoms with Gasteiger partial charge in [-0.25, -0.2) is 14.4 Å². The van der Waals surface area contributed by atoms with E-state index < -0.39 is 5.82 Å². The number of ether oxygens (including phenoxy) is 3. The number of aromatic nitrogens is 6. The van der Waals surface area contributed by atoms with Gasteiger partial charge in [0.1, 0.15) is 0 Å². The molecular weight excluding hydrogens is 527 g/mol. The normalized spacial score (nSPS) is 24.6. The van der Waals surface area contributed by atoms with Crippen molar-refractivity contribution in [3.8, 4) is 5.75 Å². The second-order valence-corrected chi connectivity index (χ2v) is 11.8. The highest BCUT2D eigenvalue weighted by Gasteiger charge is 2.42. The molecule has 0 amide bonds. The summed E-state index contributed by atoms with van der Waals surface area (Å²) in [5.74, 6) is 0.599. The predicted octanol–water partition coefficient (Wildman–Crippen LogP) is 4.44. The SMILES string of the molecule is COc1cc2nc(N)n3nc(C4CCC(C)N(c5cnn(CC6(OC7CCCCO7)CCC6)c5)C4)nc3c2cc1F. The molecule has 3 atom stereocenters. The molecule has 3 aliphatic rings. The molecule has 1 aromatic carbocycles. The van der Waals surface area contributed by atoms with Crippen molar-refractivity contribution >= 4 is 28.2 Å². The number of methoxy groups -OCH3 is 1. The summed E-state index contributed by atoms with van der Waals surface area (Å²) in [7, 11) is 1.42. The largest absolute Gasteiger partial charge is 0.494 e. The van der Waals surface area contributed by atoms with Gasteiger partial charge >= 0.3 is 0 Å². The molecule has 2 aliphatic heterocycles. The number of rotatable bonds is 7. The third-order valence-corrected chi connectivity index (χ3v) is 9.02. The van der Waals surface area contributed by atoms with Crippen LogP contribution in [0.5, 0.6) is 5.75 Å². The summed E-state index contributed by atoms with van der Waals surface area (Å²) in [6, 6.07) is 3.27. The average molecular weight is 565 g/mol. The molecule has 2 saturated heterocycles. The number of anilines is 2. The Labute approximate surface area is 237 Å². The summed E-state index contributed by atoms with van der Waals surface area (Å²) in [5, 5.41) is 10.0. The van der Waals surface area contributed by atoms with Gasteiger partial charge in [0.25, 0.3) is 0 Å². The Balaban J connectivity index is 1.11. The zero-order chi connectivity index (χ0) is 28.1. The molecule has 11 nitrogen and oxygen atoms in total. The van der Waals surface area contributed by atoms with Crippen LogP contribution in [0.15, 0.2) is 24.5 Å². The number of fused-ring (bicyclic) bond motifs is 3. The molecule has 4 aromatic rings. The van der Waals surface area contributed by atoms with Crippen LogP contribution >= 0.6 is 0 Å². The van der Waals surface area contributed by atoms with Gasteiger partial charge in [-0.3, -0.25) is 4.68 Å². The van der Waals surface area contributed by atoms with Crippen LogP contribution in [-0.4, -0.2) is 67.6 Å². The van der Waals surface area contributed by atoms with Gasteiger partial charge in [-0.1, -0.05) is 0 Å². The highest BCUT2D eigenvalue weighted by molar-refractivity contribution is 5.93. The lowest BCUT2D eigenvalue weighted by Gasteiger charge is -2.44. The van der Waals surface area contributed by atoms with E-state index in [-0.39, 0.29) is 29.5 Å². The Morgan fingerprint density at radius 3 is 2.78 bits per heavy atom. The average Bonchev–Trinajstić information content (AvgIpc) is 3.61. The molecule has 12 heteroatoms. The van der Waals surface area contributed by atoms with E-state index in [1.807, 2.05) is 10.9 Å². The van der Waals surface area contributed by atoms with Crippen molar-refractivity contribution in [3.63, 3.8) is 0 Å². The van der Waals surface area contributed by atoms with E-state index in [4.69, 9.17) is 35.1 Å². The summed E-state index contributed by atoms with van der Waals surface area (Å²) in [5.41, 5.74) is 8.14. The molecule has 5 heterocycles. The Morgan fingerprint density at radius 2 is 2.02 bits per heavy atom. The van der Waals surface area contributed by atoms with Crippen molar-refractivity contribution in [2.75, 3.05) is 30.9 Å². The van der Waals surface area contributed by atoms with Crippen molar-refractivity contribution in [2.45, 2.75) is 88.7 Å². The monoisotopic (exact) mass is 564 g/mol. The van der Waals surface area contributed by atoms with E-state index in [2.05, 4.69) is 23.0 Å². The topological polar surface area (TPSA) is 118 Å². The number of piperidine rings is 1. The maximum absolute atomic E-state index is 14.6. The molecule has 3 fully saturated rings. The number of halogens is 1. The minimum absolute atomic E-state index is 0.0803. The number of benzene rings is 1. The molecule has 2 N–H and O–H groups in total. The summed E-state index contributed by atoms with van der Waals surface area (Å²) in [4.78, 5) is 11.7. The van der Waals surface area contributed by atoms with Crippen LogP contribution in [0.1, 0.15) is 70.0 Å². The maximum Gasteiger partial charge on any atom is 0.223 e. The Kier molecular flexibility index (Phi) is 6.69. The first-order valence-corrected chi connectivity index (χ1v) is 14.7. The highest BCUT2D eigenvalue weighted by atomic mass is 19.1. The van der Waals surface area contributed by atoms with Crippen LogP contribution in [0.25, 0.3) is 16.6 Å². The first-order chi connectivity index (χ1) is 19.9. The summed E-state index contributed by atoms with van der Waals surface area (Å²) >= 11 is 0. The smallest absolute Gasteiger partial charge is 0.223 e. The molecule has 3 aromatic heterocycles.